The van der Waals surface area contributed by atoms with Crippen molar-refractivity contribution in [2.75, 3.05) is 0 Å². The van der Waals surface area contributed by atoms with E-state index < -0.39 is 23.8 Å². The number of aliphatic carboxylic acids is 2. The fourth-order valence-corrected chi connectivity index (χ4v) is 1.84. The first-order valence-corrected chi connectivity index (χ1v) is 5.14. The van der Waals surface area contributed by atoms with E-state index in [1.807, 2.05) is 0 Å². The molecule has 17 heavy (non-hydrogen) atoms. The number of benzene rings is 1. The minimum atomic E-state index is -1.44. The third-order valence-electron chi connectivity index (χ3n) is 2.68. The Bertz CT molecular complexity index is 424. The van der Waals surface area contributed by atoms with Crippen LogP contribution in [0.1, 0.15) is 18.4 Å². The molecular formula is C13H14O4. The average molecular weight is 234 g/mol. The number of allylic oxidation sites excluding steroid dienone is 1. The summed E-state index contributed by atoms with van der Waals surface area (Å²) in [5.74, 6) is -2.29. The number of hydrogen-bond acceptors (Lipinski definition) is 2. The first-order valence-electron chi connectivity index (χ1n) is 5.14. The summed E-state index contributed by atoms with van der Waals surface area (Å²) in [4.78, 5) is 22.3. The van der Waals surface area contributed by atoms with Gasteiger partial charge in [0, 0.05) is 0 Å². The van der Waals surface area contributed by atoms with Gasteiger partial charge in [0.05, 0.1) is 6.42 Å². The quantitative estimate of drug-likeness (QED) is 0.739. The number of carbonyl (C=O) groups is 2. The highest BCUT2D eigenvalue weighted by atomic mass is 16.4. The van der Waals surface area contributed by atoms with E-state index in [-0.39, 0.29) is 6.42 Å². The lowest BCUT2D eigenvalue weighted by Gasteiger charge is -2.27. The maximum atomic E-state index is 11.4. The lowest BCUT2D eigenvalue weighted by Crippen LogP contribution is -2.37. The summed E-state index contributed by atoms with van der Waals surface area (Å²) in [6, 6.07) is 8.39. The third kappa shape index (κ3) is 2.72. The van der Waals surface area contributed by atoms with Gasteiger partial charge in [-0.1, -0.05) is 36.4 Å². The molecule has 0 spiro atoms. The van der Waals surface area contributed by atoms with E-state index in [1.54, 1.807) is 30.3 Å². The Morgan fingerprint density at radius 3 is 2.24 bits per heavy atom. The molecule has 1 atom stereocenters. The second-order valence-electron chi connectivity index (χ2n) is 3.82. The van der Waals surface area contributed by atoms with Crippen molar-refractivity contribution in [2.45, 2.75) is 18.3 Å². The van der Waals surface area contributed by atoms with Gasteiger partial charge < -0.3 is 10.2 Å². The Morgan fingerprint density at radius 1 is 1.24 bits per heavy atom. The van der Waals surface area contributed by atoms with Crippen LogP contribution >= 0.6 is 0 Å². The lowest BCUT2D eigenvalue weighted by atomic mass is 9.75. The van der Waals surface area contributed by atoms with Crippen LogP contribution in [0.25, 0.3) is 0 Å². The van der Waals surface area contributed by atoms with Gasteiger partial charge in [-0.2, -0.15) is 0 Å². The van der Waals surface area contributed by atoms with Crippen molar-refractivity contribution >= 4 is 11.9 Å². The third-order valence-corrected chi connectivity index (χ3v) is 2.68. The van der Waals surface area contributed by atoms with Gasteiger partial charge in [0.15, 0.2) is 0 Å². The Morgan fingerprint density at radius 2 is 1.82 bits per heavy atom. The van der Waals surface area contributed by atoms with Gasteiger partial charge >= 0.3 is 11.9 Å². The highest BCUT2D eigenvalue weighted by Crippen LogP contribution is 2.32. The summed E-state index contributed by atoms with van der Waals surface area (Å²) in [5.41, 5.74) is -0.954. The van der Waals surface area contributed by atoms with E-state index in [0.717, 1.165) is 0 Å². The summed E-state index contributed by atoms with van der Waals surface area (Å²) in [5, 5.41) is 18.2. The molecule has 0 aliphatic carbocycles. The molecule has 0 saturated carbocycles. The van der Waals surface area contributed by atoms with Crippen molar-refractivity contribution in [3.05, 3.63) is 48.6 Å². The molecule has 0 aliphatic rings. The van der Waals surface area contributed by atoms with Crippen molar-refractivity contribution in [2.24, 2.45) is 0 Å². The molecule has 0 radical (unpaired) electrons. The highest BCUT2D eigenvalue weighted by Gasteiger charge is 2.41. The van der Waals surface area contributed by atoms with E-state index in [2.05, 4.69) is 6.58 Å². The predicted molar refractivity (Wildman–Crippen MR) is 62.8 cm³/mol. The van der Waals surface area contributed by atoms with Crippen LogP contribution in [-0.2, 0) is 15.0 Å². The summed E-state index contributed by atoms with van der Waals surface area (Å²) in [6.45, 7) is 3.50. The van der Waals surface area contributed by atoms with E-state index in [1.165, 1.54) is 6.08 Å². The van der Waals surface area contributed by atoms with Gasteiger partial charge in [-0.3, -0.25) is 9.59 Å². The molecule has 4 nitrogen and oxygen atoms in total. The normalized spacial score (nSPS) is 13.6. The molecule has 0 saturated heterocycles. The number of carboxylic acid groups (broad SMARTS) is 2. The van der Waals surface area contributed by atoms with Gasteiger partial charge in [-0.05, 0) is 12.0 Å². The van der Waals surface area contributed by atoms with Crippen molar-refractivity contribution < 1.29 is 19.8 Å². The molecule has 0 fully saturated rings. The SMILES string of the molecule is C=CCC(CC(=O)O)(C(=O)O)c1ccccc1. The number of rotatable bonds is 6. The maximum Gasteiger partial charge on any atom is 0.315 e. The first kappa shape index (κ1) is 13.0. The van der Waals surface area contributed by atoms with Crippen molar-refractivity contribution in [3.63, 3.8) is 0 Å². The van der Waals surface area contributed by atoms with Crippen LogP contribution in [0.15, 0.2) is 43.0 Å². The van der Waals surface area contributed by atoms with Crippen LogP contribution in [0.4, 0.5) is 0 Å². The van der Waals surface area contributed by atoms with Gasteiger partial charge in [0.25, 0.3) is 0 Å². The number of hydrogen-bond donors (Lipinski definition) is 2. The van der Waals surface area contributed by atoms with Crippen LogP contribution in [0.5, 0.6) is 0 Å². The van der Waals surface area contributed by atoms with Gasteiger partial charge in [-0.25, -0.2) is 0 Å². The maximum absolute atomic E-state index is 11.4. The van der Waals surface area contributed by atoms with Crippen molar-refractivity contribution in [3.8, 4) is 0 Å². The molecule has 0 bridgehead atoms. The monoisotopic (exact) mass is 234 g/mol. The minimum absolute atomic E-state index is 0.0820. The molecule has 90 valence electrons. The Balaban J connectivity index is 3.28. The molecule has 4 heteroatoms. The zero-order chi connectivity index (χ0) is 12.9. The molecular weight excluding hydrogens is 220 g/mol. The van der Waals surface area contributed by atoms with Crippen molar-refractivity contribution in [1.82, 2.24) is 0 Å². The highest BCUT2D eigenvalue weighted by molar-refractivity contribution is 5.87. The molecule has 0 aromatic heterocycles. The second-order valence-corrected chi connectivity index (χ2v) is 3.82. The van der Waals surface area contributed by atoms with Gasteiger partial charge in [0.2, 0.25) is 0 Å². The zero-order valence-corrected chi connectivity index (χ0v) is 9.30. The standard InChI is InChI=1S/C13H14O4/c1-2-8-13(12(16)17,9-11(14)15)10-6-4-3-5-7-10/h2-7H,1,8-9H2,(H,14,15)(H,16,17). The van der Waals surface area contributed by atoms with Crippen LogP contribution in [0.2, 0.25) is 0 Å². The summed E-state index contributed by atoms with van der Waals surface area (Å²) >= 11 is 0. The topological polar surface area (TPSA) is 74.6 Å². The van der Waals surface area contributed by atoms with Crippen LogP contribution in [-0.4, -0.2) is 22.2 Å². The van der Waals surface area contributed by atoms with E-state index in [0.29, 0.717) is 5.56 Å². The fraction of sp³-hybridized carbons (Fsp3) is 0.231. The minimum Gasteiger partial charge on any atom is -0.481 e. The summed E-state index contributed by atoms with van der Waals surface area (Å²) in [7, 11) is 0. The summed E-state index contributed by atoms with van der Waals surface area (Å²) in [6.07, 6.45) is 1.06. The predicted octanol–water partition coefficient (Wildman–Crippen LogP) is 2.06. The average Bonchev–Trinajstić information content (AvgIpc) is 2.28. The fourth-order valence-electron chi connectivity index (χ4n) is 1.84. The molecule has 0 amide bonds. The molecule has 1 aromatic carbocycles. The molecule has 0 aliphatic heterocycles. The molecule has 0 heterocycles. The Hall–Kier alpha value is -2.10. The smallest absolute Gasteiger partial charge is 0.315 e. The van der Waals surface area contributed by atoms with Gasteiger partial charge in [-0.15, -0.1) is 6.58 Å². The molecule has 2 N–H and O–H groups in total. The van der Waals surface area contributed by atoms with Crippen LogP contribution in [0, 0.1) is 0 Å². The first-order chi connectivity index (χ1) is 8.03. The molecule has 1 aromatic rings. The van der Waals surface area contributed by atoms with E-state index in [9.17, 15) is 14.7 Å². The number of carboxylic acids is 2. The Kier molecular flexibility index (Phi) is 4.04. The Labute approximate surface area is 99.2 Å². The zero-order valence-electron chi connectivity index (χ0n) is 9.30. The van der Waals surface area contributed by atoms with Crippen LogP contribution < -0.4 is 0 Å². The largest absolute Gasteiger partial charge is 0.481 e. The molecule has 1 unspecified atom stereocenters. The van der Waals surface area contributed by atoms with Crippen LogP contribution in [0.3, 0.4) is 0 Å². The lowest BCUT2D eigenvalue weighted by molar-refractivity contribution is -0.150. The van der Waals surface area contributed by atoms with Gasteiger partial charge in [0.1, 0.15) is 5.41 Å². The second kappa shape index (κ2) is 5.30. The van der Waals surface area contributed by atoms with E-state index >= 15 is 0 Å². The van der Waals surface area contributed by atoms with Crippen molar-refractivity contribution in [1.29, 1.82) is 0 Å². The van der Waals surface area contributed by atoms with E-state index in [4.69, 9.17) is 5.11 Å². The molecule has 1 rings (SSSR count). The summed E-state index contributed by atoms with van der Waals surface area (Å²) < 4.78 is 0.